The first-order valence-electron chi connectivity index (χ1n) is 10.5. The highest BCUT2D eigenvalue weighted by molar-refractivity contribution is 7.93. The standard InChI is InChI=1S/C24H27N3O6S2/c1-16-5-10-22(33-4)23(14-16)35(31,32)27(20-12-17(2)11-18(3)13-20)15-24(28)26-19-6-8-21(9-7-19)34(25,29)30/h5-14H,15H2,1-4H3,(H,26,28)(H2,25,29,30). The molecule has 0 atom stereocenters. The Bertz CT molecular complexity index is 1450. The van der Waals surface area contributed by atoms with Gasteiger partial charge >= 0.3 is 0 Å². The van der Waals surface area contributed by atoms with Gasteiger partial charge in [0.25, 0.3) is 10.0 Å². The van der Waals surface area contributed by atoms with Gasteiger partial charge in [0.1, 0.15) is 17.2 Å². The smallest absolute Gasteiger partial charge is 0.268 e. The first-order chi connectivity index (χ1) is 16.3. The number of rotatable bonds is 8. The average Bonchev–Trinajstić information content (AvgIpc) is 2.76. The minimum Gasteiger partial charge on any atom is -0.495 e. The molecule has 0 radical (unpaired) electrons. The van der Waals surface area contributed by atoms with E-state index in [9.17, 15) is 21.6 Å². The van der Waals surface area contributed by atoms with Crippen LogP contribution >= 0.6 is 0 Å². The lowest BCUT2D eigenvalue weighted by Crippen LogP contribution is -2.38. The molecule has 0 unspecified atom stereocenters. The molecule has 3 rings (SSSR count). The molecular weight excluding hydrogens is 490 g/mol. The lowest BCUT2D eigenvalue weighted by atomic mass is 10.1. The van der Waals surface area contributed by atoms with Crippen LogP contribution in [-0.4, -0.2) is 36.4 Å². The normalized spacial score (nSPS) is 11.7. The summed E-state index contributed by atoms with van der Waals surface area (Å²) >= 11 is 0. The number of sulfonamides is 2. The zero-order chi connectivity index (χ0) is 26.0. The molecule has 0 aromatic heterocycles. The maximum atomic E-state index is 13.8. The van der Waals surface area contributed by atoms with E-state index < -0.39 is 32.5 Å². The van der Waals surface area contributed by atoms with E-state index in [1.807, 2.05) is 19.9 Å². The van der Waals surface area contributed by atoms with Gasteiger partial charge in [-0.3, -0.25) is 9.10 Å². The molecule has 35 heavy (non-hydrogen) atoms. The number of ether oxygens (including phenoxy) is 1. The molecule has 3 N–H and O–H groups in total. The molecule has 11 heteroatoms. The largest absolute Gasteiger partial charge is 0.495 e. The Morgan fingerprint density at radius 3 is 2.03 bits per heavy atom. The Morgan fingerprint density at radius 1 is 0.886 bits per heavy atom. The molecular formula is C24H27N3O6S2. The number of nitrogens with one attached hydrogen (secondary N) is 1. The summed E-state index contributed by atoms with van der Waals surface area (Å²) in [5, 5.41) is 7.70. The van der Waals surface area contributed by atoms with Crippen molar-refractivity contribution in [3.05, 3.63) is 77.4 Å². The number of carbonyl (C=O) groups excluding carboxylic acids is 1. The average molecular weight is 518 g/mol. The number of methoxy groups -OCH3 is 1. The summed E-state index contributed by atoms with van der Waals surface area (Å²) in [6, 6.07) is 15.3. The van der Waals surface area contributed by atoms with E-state index in [1.165, 1.54) is 37.4 Å². The molecule has 0 aliphatic rings. The second kappa shape index (κ2) is 10.1. The van der Waals surface area contributed by atoms with Gasteiger partial charge in [0.2, 0.25) is 15.9 Å². The second-order valence-corrected chi connectivity index (χ2v) is 11.5. The number of aryl methyl sites for hydroxylation is 3. The number of nitrogens with two attached hydrogens (primary N) is 1. The van der Waals surface area contributed by atoms with E-state index in [-0.39, 0.29) is 21.2 Å². The third kappa shape index (κ3) is 6.18. The molecule has 186 valence electrons. The Balaban J connectivity index is 2.01. The number of amides is 1. The molecule has 3 aromatic carbocycles. The number of primary sulfonamides is 1. The van der Waals surface area contributed by atoms with Crippen molar-refractivity contribution in [1.82, 2.24) is 0 Å². The number of anilines is 2. The van der Waals surface area contributed by atoms with Crippen molar-refractivity contribution in [2.45, 2.75) is 30.6 Å². The quantitative estimate of drug-likeness (QED) is 0.471. The highest BCUT2D eigenvalue weighted by atomic mass is 32.2. The van der Waals surface area contributed by atoms with Gasteiger partial charge < -0.3 is 10.1 Å². The van der Waals surface area contributed by atoms with Crippen LogP contribution in [0.5, 0.6) is 5.75 Å². The van der Waals surface area contributed by atoms with Gasteiger partial charge in [0, 0.05) is 5.69 Å². The first kappa shape index (κ1) is 26.2. The third-order valence-corrected chi connectivity index (χ3v) is 7.86. The van der Waals surface area contributed by atoms with Crippen LogP contribution in [0.15, 0.2) is 70.5 Å². The highest BCUT2D eigenvalue weighted by Crippen LogP contribution is 2.32. The van der Waals surface area contributed by atoms with Crippen molar-refractivity contribution in [2.24, 2.45) is 5.14 Å². The van der Waals surface area contributed by atoms with Gasteiger partial charge in [-0.05, 0) is 86.0 Å². The molecule has 0 aliphatic heterocycles. The van der Waals surface area contributed by atoms with Crippen LogP contribution in [0.1, 0.15) is 16.7 Å². The minimum atomic E-state index is -4.21. The second-order valence-electron chi connectivity index (χ2n) is 8.13. The Labute approximate surface area is 205 Å². The van der Waals surface area contributed by atoms with Crippen molar-refractivity contribution in [2.75, 3.05) is 23.3 Å². The van der Waals surface area contributed by atoms with Gasteiger partial charge in [-0.25, -0.2) is 22.0 Å². The fourth-order valence-corrected chi connectivity index (χ4v) is 5.74. The lowest BCUT2D eigenvalue weighted by Gasteiger charge is -2.26. The predicted octanol–water partition coefficient (Wildman–Crippen LogP) is 3.10. The molecule has 0 bridgehead atoms. The SMILES string of the molecule is COc1ccc(C)cc1S(=O)(=O)N(CC(=O)Nc1ccc(S(N)(=O)=O)cc1)c1cc(C)cc(C)c1. The van der Waals surface area contributed by atoms with Gasteiger partial charge in [0.15, 0.2) is 0 Å². The fraction of sp³-hybridized carbons (Fsp3) is 0.208. The summed E-state index contributed by atoms with van der Waals surface area (Å²) in [6.07, 6.45) is 0. The minimum absolute atomic E-state index is 0.0653. The summed E-state index contributed by atoms with van der Waals surface area (Å²) in [6.45, 7) is 4.90. The Kier molecular flexibility index (Phi) is 7.53. The molecule has 9 nitrogen and oxygen atoms in total. The van der Waals surface area contributed by atoms with E-state index in [2.05, 4.69) is 5.32 Å². The van der Waals surface area contributed by atoms with Crippen LogP contribution in [-0.2, 0) is 24.8 Å². The van der Waals surface area contributed by atoms with E-state index in [0.29, 0.717) is 11.3 Å². The molecule has 0 saturated carbocycles. The van der Waals surface area contributed by atoms with Crippen LogP contribution in [0.25, 0.3) is 0 Å². The molecule has 0 aliphatic carbocycles. The monoisotopic (exact) mass is 517 g/mol. The zero-order valence-electron chi connectivity index (χ0n) is 19.8. The third-order valence-electron chi connectivity index (χ3n) is 5.14. The maximum absolute atomic E-state index is 13.8. The zero-order valence-corrected chi connectivity index (χ0v) is 21.4. The summed E-state index contributed by atoms with van der Waals surface area (Å²) < 4.78 is 56.9. The molecule has 3 aromatic rings. The predicted molar refractivity (Wildman–Crippen MR) is 135 cm³/mol. The van der Waals surface area contributed by atoms with Crippen LogP contribution in [0.3, 0.4) is 0 Å². The van der Waals surface area contributed by atoms with Gasteiger partial charge in [-0.2, -0.15) is 0 Å². The van der Waals surface area contributed by atoms with Crippen molar-refractivity contribution in [3.63, 3.8) is 0 Å². The van der Waals surface area contributed by atoms with Crippen molar-refractivity contribution in [3.8, 4) is 5.75 Å². The summed E-state index contributed by atoms with van der Waals surface area (Å²) in [5.74, 6) is -0.466. The maximum Gasteiger partial charge on any atom is 0.268 e. The van der Waals surface area contributed by atoms with Gasteiger partial charge in [-0.1, -0.05) is 12.1 Å². The Morgan fingerprint density at radius 2 is 1.49 bits per heavy atom. The van der Waals surface area contributed by atoms with Crippen LogP contribution in [0.2, 0.25) is 0 Å². The summed E-state index contributed by atoms with van der Waals surface area (Å²) in [4.78, 5) is 12.8. The fourth-order valence-electron chi connectivity index (χ4n) is 3.57. The number of hydrogen-bond donors (Lipinski definition) is 2. The van der Waals surface area contributed by atoms with Crippen LogP contribution < -0.4 is 19.5 Å². The van der Waals surface area contributed by atoms with Crippen molar-refractivity contribution >= 4 is 37.3 Å². The summed E-state index contributed by atoms with van der Waals surface area (Å²) in [7, 11) is -6.72. The van der Waals surface area contributed by atoms with E-state index in [0.717, 1.165) is 15.4 Å². The van der Waals surface area contributed by atoms with Crippen molar-refractivity contribution in [1.29, 1.82) is 0 Å². The molecule has 1 amide bonds. The lowest BCUT2D eigenvalue weighted by molar-refractivity contribution is -0.114. The molecule has 0 fully saturated rings. The van der Waals surface area contributed by atoms with Crippen molar-refractivity contribution < 1.29 is 26.4 Å². The topological polar surface area (TPSA) is 136 Å². The number of hydrogen-bond acceptors (Lipinski definition) is 6. The number of nitrogens with zero attached hydrogens (tertiary/aromatic N) is 1. The molecule has 0 spiro atoms. The van der Waals surface area contributed by atoms with E-state index >= 15 is 0 Å². The van der Waals surface area contributed by atoms with Crippen LogP contribution in [0.4, 0.5) is 11.4 Å². The molecule has 0 saturated heterocycles. The van der Waals surface area contributed by atoms with Gasteiger partial charge in [0.05, 0.1) is 17.7 Å². The molecule has 0 heterocycles. The first-order valence-corrected chi connectivity index (χ1v) is 13.5. The van der Waals surface area contributed by atoms with E-state index in [1.54, 1.807) is 31.2 Å². The van der Waals surface area contributed by atoms with E-state index in [4.69, 9.17) is 9.88 Å². The number of benzene rings is 3. The van der Waals surface area contributed by atoms with Gasteiger partial charge in [-0.15, -0.1) is 0 Å². The van der Waals surface area contributed by atoms with Crippen LogP contribution in [0, 0.1) is 20.8 Å². The Hall–Kier alpha value is -3.41. The number of carbonyl (C=O) groups is 1. The highest BCUT2D eigenvalue weighted by Gasteiger charge is 2.30. The summed E-state index contributed by atoms with van der Waals surface area (Å²) in [5.41, 5.74) is 2.98.